The van der Waals surface area contributed by atoms with Crippen LogP contribution in [-0.2, 0) is 24.9 Å². The van der Waals surface area contributed by atoms with E-state index in [-0.39, 0.29) is 31.6 Å². The molecule has 3 rings (SSSR count). The van der Waals surface area contributed by atoms with E-state index >= 15 is 0 Å². The number of ketones is 1. The minimum Gasteiger partial charge on any atom is -0.810 e. The molecule has 1 radical (unpaired) electrons. The number of aliphatic hydroxyl groups is 1. The van der Waals surface area contributed by atoms with Crippen LogP contribution in [0.5, 0.6) is 0 Å². The molecule has 0 spiro atoms. The summed E-state index contributed by atoms with van der Waals surface area (Å²) in [6.45, 7) is 4.80. The quantitative estimate of drug-likeness (QED) is 0.189. The first-order chi connectivity index (χ1) is 13.4. The number of rotatable bonds is 4. The second kappa shape index (κ2) is 11.8. The van der Waals surface area contributed by atoms with Crippen molar-refractivity contribution in [3.05, 3.63) is 95.1 Å². The topological polar surface area (TPSA) is 72.0 Å². The van der Waals surface area contributed by atoms with Crippen molar-refractivity contribution >= 4 is 34.2 Å². The van der Waals surface area contributed by atoms with Gasteiger partial charge in [-0.25, -0.2) is 0 Å². The van der Waals surface area contributed by atoms with E-state index in [4.69, 9.17) is 10.1 Å². The average Bonchev–Trinajstić information content (AvgIpc) is 2.68. The van der Waals surface area contributed by atoms with Crippen LogP contribution in [0.1, 0.15) is 31.9 Å². The number of aliphatic hydroxyl groups excluding tert-OH is 1. The number of hydrogen-bond donors (Lipinski definition) is 1. The maximum Gasteiger partial charge on any atom is 0.155 e. The Morgan fingerprint density at radius 3 is 2.28 bits per heavy atom. The zero-order valence-electron chi connectivity index (χ0n) is 16.5. The first kappa shape index (κ1) is 24.2. The third kappa shape index (κ3) is 7.22. The van der Waals surface area contributed by atoms with Crippen molar-refractivity contribution in [2.45, 2.75) is 20.8 Å². The molecule has 0 fully saturated rings. The summed E-state index contributed by atoms with van der Waals surface area (Å²) in [7, 11) is 0. The predicted octanol–water partition coefficient (Wildman–Crippen LogP) is 5.80. The number of carbonyl (C=O) groups excluding carboxylic acids is 1. The fraction of sp³-hybridized carbons (Fsp3) is 0.125. The van der Waals surface area contributed by atoms with E-state index in [0.29, 0.717) is 5.56 Å². The van der Waals surface area contributed by atoms with Crippen LogP contribution in [-0.4, -0.2) is 22.8 Å². The van der Waals surface area contributed by atoms with E-state index < -0.39 is 0 Å². The number of nitrogens with zero attached hydrogens (tertiary/aromatic N) is 2. The Hall–Kier alpha value is -2.88. The maximum atomic E-state index is 10.0. The molecule has 3 aromatic carbocycles. The van der Waals surface area contributed by atoms with Gasteiger partial charge in [0.25, 0.3) is 0 Å². The Morgan fingerprint density at radius 2 is 1.72 bits per heavy atom. The molecule has 151 valence electrons. The molecule has 0 amide bonds. The fourth-order valence-corrected chi connectivity index (χ4v) is 2.64. The van der Waals surface area contributed by atoms with Crippen molar-refractivity contribution in [3.63, 3.8) is 0 Å². The van der Waals surface area contributed by atoms with Crippen molar-refractivity contribution in [1.29, 1.82) is 0 Å². The van der Waals surface area contributed by atoms with Gasteiger partial charge in [0.1, 0.15) is 0 Å². The Bertz CT molecular complexity index is 1040. The summed E-state index contributed by atoms with van der Waals surface area (Å²) in [5.41, 5.74) is 3.32. The van der Waals surface area contributed by atoms with Crippen molar-refractivity contribution in [2.75, 3.05) is 0 Å². The molecule has 0 bridgehead atoms. The zero-order chi connectivity index (χ0) is 20.5. The van der Waals surface area contributed by atoms with Crippen LogP contribution in [0.25, 0.3) is 16.2 Å². The van der Waals surface area contributed by atoms with Crippen LogP contribution in [0, 0.1) is 6.07 Å². The largest absolute Gasteiger partial charge is 0.810 e. The molecule has 0 aliphatic heterocycles. The van der Waals surface area contributed by atoms with Crippen LogP contribution in [0.2, 0.25) is 0 Å². The van der Waals surface area contributed by atoms with Crippen LogP contribution in [0.15, 0.2) is 77.5 Å². The Morgan fingerprint density at radius 1 is 1.03 bits per heavy atom. The van der Waals surface area contributed by atoms with Gasteiger partial charge in [0.2, 0.25) is 0 Å². The van der Waals surface area contributed by atoms with Crippen LogP contribution >= 0.6 is 0 Å². The molecule has 0 saturated heterocycles. The third-order valence-corrected chi connectivity index (χ3v) is 3.86. The fourth-order valence-electron chi connectivity index (χ4n) is 2.64. The number of benzene rings is 3. The summed E-state index contributed by atoms with van der Waals surface area (Å²) in [5, 5.41) is 19.9. The first-order valence-electron chi connectivity index (χ1n) is 8.81. The summed E-state index contributed by atoms with van der Waals surface area (Å²) in [4.78, 5) is 14.7. The molecule has 29 heavy (non-hydrogen) atoms. The number of aliphatic imine (C=N–C) groups is 1. The van der Waals surface area contributed by atoms with Gasteiger partial charge in [0.05, 0.1) is 11.4 Å². The van der Waals surface area contributed by atoms with Gasteiger partial charge in [-0.1, -0.05) is 43.3 Å². The predicted molar refractivity (Wildman–Crippen MR) is 117 cm³/mol. The number of hydrogen-bond acceptors (Lipinski definition) is 3. The third-order valence-electron chi connectivity index (χ3n) is 3.86. The van der Waals surface area contributed by atoms with Crippen LogP contribution < -0.4 is 0 Å². The van der Waals surface area contributed by atoms with Gasteiger partial charge in [-0.3, -0.25) is 4.79 Å². The summed E-state index contributed by atoms with van der Waals surface area (Å²) in [6.07, 6.45) is 2.27. The molecule has 3 aromatic rings. The van der Waals surface area contributed by atoms with E-state index in [9.17, 15) is 10.2 Å². The van der Waals surface area contributed by atoms with E-state index in [1.54, 1.807) is 0 Å². The molecule has 0 heterocycles. The van der Waals surface area contributed by atoms with Gasteiger partial charge in [0.15, 0.2) is 5.78 Å². The molecule has 0 unspecified atom stereocenters. The van der Waals surface area contributed by atoms with Crippen molar-refractivity contribution < 1.29 is 30.0 Å². The van der Waals surface area contributed by atoms with Gasteiger partial charge < -0.3 is 15.5 Å². The van der Waals surface area contributed by atoms with E-state index in [2.05, 4.69) is 6.07 Å². The summed E-state index contributed by atoms with van der Waals surface area (Å²) < 4.78 is 0. The Labute approximate surface area is 184 Å². The minimum atomic E-state index is -0.125. The van der Waals surface area contributed by atoms with E-state index in [0.717, 1.165) is 33.9 Å². The second-order valence-electron chi connectivity index (χ2n) is 6.22. The number of fused-ring (bicyclic) bond motifs is 1. The molecule has 0 atom stereocenters. The smallest absolute Gasteiger partial charge is 0.155 e. The summed E-state index contributed by atoms with van der Waals surface area (Å²) >= 11 is 0. The zero-order valence-corrected chi connectivity index (χ0v) is 18.9. The number of allylic oxidation sites excluding steroid dienone is 2. The van der Waals surface area contributed by atoms with Gasteiger partial charge in [0, 0.05) is 31.6 Å². The normalized spacial score (nSPS) is 11.1. The maximum absolute atomic E-state index is 10.0. The Kier molecular flexibility index (Phi) is 9.87. The Balaban J connectivity index is 0.000000456. The average molecular weight is 563 g/mol. The molecule has 0 aliphatic carbocycles. The van der Waals surface area contributed by atoms with Gasteiger partial charge in [-0.15, -0.1) is 35.9 Å². The second-order valence-corrected chi connectivity index (χ2v) is 6.22. The molecule has 5 heteroatoms. The van der Waals surface area contributed by atoms with Crippen LogP contribution in [0.3, 0.4) is 0 Å². The standard InChI is InChI=1S/C19H14N2.C5H8O2.Ir/c1-14(15-7-3-2-4-8-15)21-19-17(13-20)12-11-16-9-5-6-10-18(16)19;1-4(6)3-5(2)7;/h2-7,9-13H,1H3;3,6H,1-2H3;/q-2;;/b;4-3-;. The summed E-state index contributed by atoms with van der Waals surface area (Å²) in [6, 6.07) is 22.8. The molecule has 0 saturated carbocycles. The minimum absolute atomic E-state index is 0. The molecule has 4 nitrogen and oxygen atoms in total. The number of carbonyl (C=O) groups is 1. The van der Waals surface area contributed by atoms with E-state index in [1.165, 1.54) is 19.9 Å². The van der Waals surface area contributed by atoms with Crippen LogP contribution in [0.4, 0.5) is 5.69 Å². The summed E-state index contributed by atoms with van der Waals surface area (Å²) in [5.74, 6) is -0.0625. The molecule has 0 aliphatic rings. The molecule has 0 aromatic heterocycles. The monoisotopic (exact) mass is 563 g/mol. The van der Waals surface area contributed by atoms with E-state index in [1.807, 2.05) is 67.6 Å². The molecule has 1 N–H and O–H groups in total. The van der Waals surface area contributed by atoms with Gasteiger partial charge in [-0.05, 0) is 30.5 Å². The van der Waals surface area contributed by atoms with Crippen molar-refractivity contribution in [3.8, 4) is 0 Å². The van der Waals surface area contributed by atoms with Gasteiger partial charge in [-0.2, -0.15) is 6.21 Å². The molecular weight excluding hydrogens is 540 g/mol. The van der Waals surface area contributed by atoms with Gasteiger partial charge >= 0.3 is 0 Å². The van der Waals surface area contributed by atoms with Crippen molar-refractivity contribution in [2.24, 2.45) is 4.99 Å². The molecular formula is C24H22IrN2O2-2. The van der Waals surface area contributed by atoms with Crippen molar-refractivity contribution in [1.82, 2.24) is 0 Å². The first-order valence-corrected chi connectivity index (χ1v) is 8.81. The SMILES string of the molecule is CC(=Nc1c(C=[N-])ccc2ccccc12)c1[c-]cccc1.CC(=O)/C=C(/C)O.[Ir].